The Kier molecular flexibility index (Phi) is 5.44. The Bertz CT molecular complexity index is 961. The van der Waals surface area contributed by atoms with Crippen LogP contribution in [0.15, 0.2) is 11.0 Å². The molecule has 0 saturated carbocycles. The van der Waals surface area contributed by atoms with Gasteiger partial charge in [0, 0.05) is 52.4 Å². The van der Waals surface area contributed by atoms with Crippen molar-refractivity contribution in [3.63, 3.8) is 0 Å². The van der Waals surface area contributed by atoms with E-state index in [9.17, 15) is 9.59 Å². The molecule has 10 nitrogen and oxygen atoms in total. The normalized spacial score (nSPS) is 19.5. The lowest BCUT2D eigenvalue weighted by molar-refractivity contribution is 0.0139. The number of carbonyl (C=O) groups is 1. The number of hydrogen-bond donors (Lipinski definition) is 1. The maximum atomic E-state index is 12.3. The van der Waals surface area contributed by atoms with E-state index in [-0.39, 0.29) is 11.7 Å². The summed E-state index contributed by atoms with van der Waals surface area (Å²) in [6.45, 7) is 10.6. The van der Waals surface area contributed by atoms with Crippen molar-refractivity contribution in [3.8, 4) is 0 Å². The van der Waals surface area contributed by atoms with Gasteiger partial charge in [0.15, 0.2) is 5.65 Å². The number of ether oxygens (including phenoxy) is 1. The van der Waals surface area contributed by atoms with E-state index in [1.54, 1.807) is 17.9 Å². The topological polar surface area (TPSA) is 99.6 Å². The molecular formula is C20H31N7O3. The Morgan fingerprint density at radius 1 is 1.13 bits per heavy atom. The molecule has 2 aliphatic rings. The molecule has 0 atom stereocenters. The highest BCUT2D eigenvalue weighted by molar-refractivity contribution is 5.74. The number of rotatable bonds is 2. The number of H-pyrrole nitrogens is 1. The smallest absolute Gasteiger partial charge is 0.410 e. The number of piperidine rings is 1. The highest BCUT2D eigenvalue weighted by Crippen LogP contribution is 2.21. The molecule has 2 fully saturated rings. The second kappa shape index (κ2) is 7.90. The van der Waals surface area contributed by atoms with Gasteiger partial charge in [-0.2, -0.15) is 10.1 Å². The van der Waals surface area contributed by atoms with Gasteiger partial charge in [0.1, 0.15) is 11.0 Å². The first-order valence-electron chi connectivity index (χ1n) is 10.6. The predicted molar refractivity (Wildman–Crippen MR) is 114 cm³/mol. The van der Waals surface area contributed by atoms with Crippen molar-refractivity contribution < 1.29 is 9.53 Å². The molecule has 30 heavy (non-hydrogen) atoms. The van der Waals surface area contributed by atoms with E-state index in [0.29, 0.717) is 23.0 Å². The first-order valence-corrected chi connectivity index (χ1v) is 10.6. The molecular weight excluding hydrogens is 386 g/mol. The molecule has 0 unspecified atom stereocenters. The first kappa shape index (κ1) is 20.6. The zero-order valence-corrected chi connectivity index (χ0v) is 18.2. The number of amides is 1. The molecule has 1 amide bonds. The molecule has 0 aliphatic carbocycles. The summed E-state index contributed by atoms with van der Waals surface area (Å²) in [6, 6.07) is 0.470. The van der Waals surface area contributed by atoms with Crippen LogP contribution in [0.3, 0.4) is 0 Å². The third-order valence-corrected chi connectivity index (χ3v) is 5.84. The Balaban J connectivity index is 1.32. The zero-order valence-electron chi connectivity index (χ0n) is 18.2. The Labute approximate surface area is 175 Å². The standard InChI is InChI=1S/C20H31N7O3/c1-20(2,3)30-19(29)27-7-5-14(6-8-27)25-9-11-26(12-10-25)18-22-16-15(17(28)23-18)13-21-24(16)4/h13-14H,5-12H2,1-4H3,(H,22,23,28). The maximum absolute atomic E-state index is 12.3. The largest absolute Gasteiger partial charge is 0.444 e. The van der Waals surface area contributed by atoms with Gasteiger partial charge in [-0.3, -0.25) is 19.4 Å². The van der Waals surface area contributed by atoms with E-state index in [0.717, 1.165) is 52.1 Å². The minimum atomic E-state index is -0.461. The fourth-order valence-electron chi connectivity index (χ4n) is 4.21. The maximum Gasteiger partial charge on any atom is 0.410 e. The van der Waals surface area contributed by atoms with Crippen LogP contribution >= 0.6 is 0 Å². The summed E-state index contributed by atoms with van der Waals surface area (Å²) in [5.74, 6) is 0.607. The highest BCUT2D eigenvalue weighted by Gasteiger charge is 2.31. The number of aromatic amines is 1. The second-order valence-electron chi connectivity index (χ2n) is 9.12. The van der Waals surface area contributed by atoms with Crippen LogP contribution in [0.1, 0.15) is 33.6 Å². The van der Waals surface area contributed by atoms with Gasteiger partial charge in [-0.1, -0.05) is 0 Å². The fourth-order valence-corrected chi connectivity index (χ4v) is 4.21. The summed E-state index contributed by atoms with van der Waals surface area (Å²) >= 11 is 0. The summed E-state index contributed by atoms with van der Waals surface area (Å²) in [6.07, 6.45) is 3.24. The molecule has 1 N–H and O–H groups in total. The number of piperazine rings is 1. The quantitative estimate of drug-likeness (QED) is 0.783. The molecule has 0 aromatic carbocycles. The van der Waals surface area contributed by atoms with Crippen molar-refractivity contribution in [2.75, 3.05) is 44.2 Å². The molecule has 164 valence electrons. The Hall–Kier alpha value is -2.62. The number of aromatic nitrogens is 4. The van der Waals surface area contributed by atoms with Gasteiger partial charge in [0.2, 0.25) is 5.95 Å². The van der Waals surface area contributed by atoms with Gasteiger partial charge in [-0.15, -0.1) is 0 Å². The van der Waals surface area contributed by atoms with E-state index in [4.69, 9.17) is 4.74 Å². The lowest BCUT2D eigenvalue weighted by Gasteiger charge is -2.42. The van der Waals surface area contributed by atoms with Gasteiger partial charge >= 0.3 is 6.09 Å². The van der Waals surface area contributed by atoms with E-state index < -0.39 is 5.60 Å². The van der Waals surface area contributed by atoms with Crippen molar-refractivity contribution in [1.82, 2.24) is 29.5 Å². The number of aryl methyl sites for hydroxylation is 1. The average Bonchev–Trinajstić information content (AvgIpc) is 3.08. The minimum absolute atomic E-state index is 0.153. The molecule has 2 aromatic heterocycles. The SMILES string of the molecule is Cn1ncc2c(=O)[nH]c(N3CCN(C4CCN(C(=O)OC(C)(C)C)CC4)CC3)nc21. The molecule has 0 radical (unpaired) electrons. The number of likely N-dealkylation sites (tertiary alicyclic amines) is 1. The molecule has 0 bridgehead atoms. The Morgan fingerprint density at radius 3 is 2.43 bits per heavy atom. The molecule has 2 saturated heterocycles. The highest BCUT2D eigenvalue weighted by atomic mass is 16.6. The van der Waals surface area contributed by atoms with Crippen LogP contribution in [0.4, 0.5) is 10.7 Å². The van der Waals surface area contributed by atoms with Gasteiger partial charge in [0.25, 0.3) is 5.56 Å². The van der Waals surface area contributed by atoms with Crippen molar-refractivity contribution in [3.05, 3.63) is 16.6 Å². The first-order chi connectivity index (χ1) is 14.2. The fraction of sp³-hybridized carbons (Fsp3) is 0.700. The number of hydrogen-bond acceptors (Lipinski definition) is 7. The Morgan fingerprint density at radius 2 is 1.80 bits per heavy atom. The number of nitrogens with zero attached hydrogens (tertiary/aromatic N) is 6. The van der Waals surface area contributed by atoms with Crippen LogP contribution in [-0.2, 0) is 11.8 Å². The van der Waals surface area contributed by atoms with Crippen LogP contribution in [0.5, 0.6) is 0 Å². The van der Waals surface area contributed by atoms with E-state index in [1.807, 2.05) is 25.7 Å². The van der Waals surface area contributed by atoms with Crippen molar-refractivity contribution in [1.29, 1.82) is 0 Å². The lowest BCUT2D eigenvalue weighted by atomic mass is 10.0. The van der Waals surface area contributed by atoms with Crippen molar-refractivity contribution in [2.45, 2.75) is 45.3 Å². The molecule has 2 aliphatic heterocycles. The monoisotopic (exact) mass is 417 g/mol. The van der Waals surface area contributed by atoms with E-state index >= 15 is 0 Å². The van der Waals surface area contributed by atoms with Gasteiger partial charge in [-0.25, -0.2) is 4.79 Å². The van der Waals surface area contributed by atoms with Crippen LogP contribution in [0.25, 0.3) is 11.0 Å². The molecule has 0 spiro atoms. The molecule has 4 rings (SSSR count). The summed E-state index contributed by atoms with van der Waals surface area (Å²) in [5, 5.41) is 4.64. The second-order valence-corrected chi connectivity index (χ2v) is 9.12. The summed E-state index contributed by atoms with van der Waals surface area (Å²) < 4.78 is 7.12. The molecule has 10 heteroatoms. The molecule has 2 aromatic rings. The zero-order chi connectivity index (χ0) is 21.5. The third-order valence-electron chi connectivity index (χ3n) is 5.84. The van der Waals surface area contributed by atoms with E-state index in [2.05, 4.69) is 24.9 Å². The van der Waals surface area contributed by atoms with Gasteiger partial charge in [-0.05, 0) is 33.6 Å². The molecule has 4 heterocycles. The average molecular weight is 418 g/mol. The van der Waals surface area contributed by atoms with Crippen LogP contribution in [0, 0.1) is 0 Å². The lowest BCUT2D eigenvalue weighted by Crippen LogP contribution is -2.54. The van der Waals surface area contributed by atoms with Crippen LogP contribution in [-0.4, -0.2) is 86.6 Å². The summed E-state index contributed by atoms with van der Waals surface area (Å²) in [5.41, 5.74) is -0.0108. The van der Waals surface area contributed by atoms with Crippen LogP contribution < -0.4 is 10.5 Å². The number of anilines is 1. The van der Waals surface area contributed by atoms with Crippen LogP contribution in [0.2, 0.25) is 0 Å². The summed E-state index contributed by atoms with van der Waals surface area (Å²) in [7, 11) is 1.79. The minimum Gasteiger partial charge on any atom is -0.444 e. The van der Waals surface area contributed by atoms with Crippen molar-refractivity contribution in [2.24, 2.45) is 7.05 Å². The van der Waals surface area contributed by atoms with Gasteiger partial charge in [0.05, 0.1) is 6.20 Å². The summed E-state index contributed by atoms with van der Waals surface area (Å²) in [4.78, 5) is 38.5. The number of nitrogens with one attached hydrogen (secondary N) is 1. The van der Waals surface area contributed by atoms with Crippen molar-refractivity contribution >= 4 is 23.1 Å². The van der Waals surface area contributed by atoms with E-state index in [1.165, 1.54) is 0 Å². The van der Waals surface area contributed by atoms with Gasteiger partial charge < -0.3 is 14.5 Å². The number of carbonyl (C=O) groups excluding carboxylic acids is 1. The number of fused-ring (bicyclic) bond motifs is 1. The predicted octanol–water partition coefficient (Wildman–Crippen LogP) is 1.18. The third kappa shape index (κ3) is 4.28.